The molecule has 25 heavy (non-hydrogen) atoms. The van der Waals surface area contributed by atoms with Gasteiger partial charge in [0.25, 0.3) is 0 Å². The number of aromatic nitrogens is 1. The molecule has 0 bridgehead atoms. The highest BCUT2D eigenvalue weighted by atomic mass is 16.4. The fourth-order valence-corrected chi connectivity index (χ4v) is 2.71. The Kier molecular flexibility index (Phi) is 5.29. The maximum atomic E-state index is 12.1. The first-order valence-corrected chi connectivity index (χ1v) is 8.45. The number of amides is 1. The van der Waals surface area contributed by atoms with Gasteiger partial charge >= 0.3 is 0 Å². The maximum absolute atomic E-state index is 12.1. The zero-order valence-corrected chi connectivity index (χ0v) is 14.6. The monoisotopic (exact) mass is 334 g/mol. The van der Waals surface area contributed by atoms with Crippen molar-refractivity contribution in [1.29, 1.82) is 0 Å². The quantitative estimate of drug-likeness (QED) is 0.735. The summed E-state index contributed by atoms with van der Waals surface area (Å²) >= 11 is 0. The van der Waals surface area contributed by atoms with Crippen molar-refractivity contribution in [3.8, 4) is 11.3 Å². The third-order valence-electron chi connectivity index (χ3n) is 4.15. The van der Waals surface area contributed by atoms with Gasteiger partial charge < -0.3 is 9.73 Å². The van der Waals surface area contributed by atoms with Crippen LogP contribution in [0.5, 0.6) is 0 Å². The van der Waals surface area contributed by atoms with Gasteiger partial charge in [0.05, 0.1) is 6.20 Å². The molecule has 1 amide bonds. The summed E-state index contributed by atoms with van der Waals surface area (Å²) in [5, 5.41) is 2.96. The number of oxazole rings is 1. The first kappa shape index (κ1) is 17.0. The maximum Gasteiger partial charge on any atom is 0.220 e. The van der Waals surface area contributed by atoms with Crippen LogP contribution in [-0.2, 0) is 17.8 Å². The standard InChI is InChI=1S/C21H22N2O2/c1-15-8-9-18(16(2)12-15)13-22-20(24)10-11-21-23-14-19(25-21)17-6-4-3-5-7-17/h3-9,12,14H,10-11,13H2,1-2H3,(H,22,24). The average molecular weight is 334 g/mol. The largest absolute Gasteiger partial charge is 0.441 e. The zero-order valence-electron chi connectivity index (χ0n) is 14.6. The minimum atomic E-state index is -0.000522. The lowest BCUT2D eigenvalue weighted by molar-refractivity contribution is -0.121. The van der Waals surface area contributed by atoms with Crippen LogP contribution in [0.15, 0.2) is 59.1 Å². The van der Waals surface area contributed by atoms with E-state index in [9.17, 15) is 4.79 Å². The Hall–Kier alpha value is -2.88. The molecule has 1 heterocycles. The molecule has 2 aromatic carbocycles. The van der Waals surface area contributed by atoms with Gasteiger partial charge in [0.1, 0.15) is 0 Å². The molecule has 0 aliphatic rings. The summed E-state index contributed by atoms with van der Waals surface area (Å²) in [6.45, 7) is 4.67. The Morgan fingerprint density at radius 2 is 1.92 bits per heavy atom. The van der Waals surface area contributed by atoms with Gasteiger partial charge in [-0.2, -0.15) is 0 Å². The number of hydrogen-bond donors (Lipinski definition) is 1. The summed E-state index contributed by atoms with van der Waals surface area (Å²) in [7, 11) is 0. The fraction of sp³-hybridized carbons (Fsp3) is 0.238. The van der Waals surface area contributed by atoms with Gasteiger partial charge in [-0.15, -0.1) is 0 Å². The van der Waals surface area contributed by atoms with Crippen molar-refractivity contribution in [2.75, 3.05) is 0 Å². The van der Waals surface area contributed by atoms with E-state index < -0.39 is 0 Å². The first-order chi connectivity index (χ1) is 12.1. The Balaban J connectivity index is 1.50. The second-order valence-corrected chi connectivity index (χ2v) is 6.19. The minimum Gasteiger partial charge on any atom is -0.441 e. The molecule has 1 N–H and O–H groups in total. The van der Waals surface area contributed by atoms with Gasteiger partial charge in [-0.05, 0) is 25.0 Å². The number of nitrogens with one attached hydrogen (secondary N) is 1. The van der Waals surface area contributed by atoms with E-state index in [4.69, 9.17) is 4.42 Å². The third kappa shape index (κ3) is 4.57. The second kappa shape index (κ2) is 7.79. The average Bonchev–Trinajstić information content (AvgIpc) is 3.09. The molecule has 0 saturated carbocycles. The van der Waals surface area contributed by atoms with E-state index in [0.29, 0.717) is 25.3 Å². The number of aryl methyl sites for hydroxylation is 3. The molecule has 3 aromatic rings. The number of benzene rings is 2. The van der Waals surface area contributed by atoms with E-state index in [0.717, 1.165) is 16.9 Å². The second-order valence-electron chi connectivity index (χ2n) is 6.19. The van der Waals surface area contributed by atoms with Crippen LogP contribution in [0.2, 0.25) is 0 Å². The topological polar surface area (TPSA) is 55.1 Å². The fourth-order valence-electron chi connectivity index (χ4n) is 2.71. The van der Waals surface area contributed by atoms with Crippen molar-refractivity contribution in [3.05, 3.63) is 77.3 Å². The number of hydrogen-bond acceptors (Lipinski definition) is 3. The molecule has 4 heteroatoms. The van der Waals surface area contributed by atoms with Gasteiger partial charge in [-0.3, -0.25) is 4.79 Å². The molecular formula is C21H22N2O2. The lowest BCUT2D eigenvalue weighted by atomic mass is 10.1. The molecule has 4 nitrogen and oxygen atoms in total. The van der Waals surface area contributed by atoms with E-state index in [2.05, 4.69) is 42.3 Å². The summed E-state index contributed by atoms with van der Waals surface area (Å²) < 4.78 is 5.72. The molecule has 0 saturated heterocycles. The Bertz CT molecular complexity index is 853. The molecular weight excluding hydrogens is 312 g/mol. The van der Waals surface area contributed by atoms with Crippen LogP contribution in [0.25, 0.3) is 11.3 Å². The molecule has 0 unspecified atom stereocenters. The lowest BCUT2D eigenvalue weighted by Gasteiger charge is -2.08. The Morgan fingerprint density at radius 1 is 1.12 bits per heavy atom. The predicted octanol–water partition coefficient (Wildman–Crippen LogP) is 4.21. The smallest absolute Gasteiger partial charge is 0.220 e. The Labute approximate surface area is 147 Å². The molecule has 0 radical (unpaired) electrons. The van der Waals surface area contributed by atoms with Crippen molar-refractivity contribution >= 4 is 5.91 Å². The summed E-state index contributed by atoms with van der Waals surface area (Å²) in [4.78, 5) is 16.3. The molecule has 1 aromatic heterocycles. The Morgan fingerprint density at radius 3 is 2.68 bits per heavy atom. The van der Waals surface area contributed by atoms with E-state index in [1.165, 1.54) is 11.1 Å². The number of carbonyl (C=O) groups is 1. The van der Waals surface area contributed by atoms with E-state index >= 15 is 0 Å². The highest BCUT2D eigenvalue weighted by molar-refractivity contribution is 5.76. The summed E-state index contributed by atoms with van der Waals surface area (Å²) in [6, 6.07) is 16.1. The molecule has 0 fully saturated rings. The van der Waals surface area contributed by atoms with Crippen molar-refractivity contribution in [1.82, 2.24) is 10.3 Å². The number of rotatable bonds is 6. The van der Waals surface area contributed by atoms with Gasteiger partial charge in [-0.25, -0.2) is 4.98 Å². The molecule has 0 aliphatic heterocycles. The van der Waals surface area contributed by atoms with Crippen molar-refractivity contribution < 1.29 is 9.21 Å². The summed E-state index contributed by atoms with van der Waals surface area (Å²) in [5.41, 5.74) is 4.55. The van der Waals surface area contributed by atoms with Crippen LogP contribution in [-0.4, -0.2) is 10.9 Å². The van der Waals surface area contributed by atoms with Gasteiger partial charge in [0.15, 0.2) is 11.7 Å². The highest BCUT2D eigenvalue weighted by Gasteiger charge is 2.09. The van der Waals surface area contributed by atoms with Crippen LogP contribution in [0.1, 0.15) is 29.0 Å². The molecule has 128 valence electrons. The minimum absolute atomic E-state index is 0.000522. The number of carbonyl (C=O) groups excluding carboxylic acids is 1. The molecule has 0 spiro atoms. The summed E-state index contributed by atoms with van der Waals surface area (Å²) in [6.07, 6.45) is 2.56. The van der Waals surface area contributed by atoms with Crippen LogP contribution >= 0.6 is 0 Å². The van der Waals surface area contributed by atoms with Gasteiger partial charge in [0, 0.05) is 24.9 Å². The first-order valence-electron chi connectivity index (χ1n) is 8.45. The number of nitrogens with zero attached hydrogens (tertiary/aromatic N) is 1. The van der Waals surface area contributed by atoms with Crippen molar-refractivity contribution in [2.45, 2.75) is 33.2 Å². The van der Waals surface area contributed by atoms with Crippen LogP contribution in [0, 0.1) is 13.8 Å². The molecule has 0 atom stereocenters. The SMILES string of the molecule is Cc1ccc(CNC(=O)CCc2ncc(-c3ccccc3)o2)c(C)c1. The zero-order chi connectivity index (χ0) is 17.6. The molecule has 3 rings (SSSR count). The molecule has 0 aliphatic carbocycles. The van der Waals surface area contributed by atoms with E-state index in [1.807, 2.05) is 30.3 Å². The lowest BCUT2D eigenvalue weighted by Crippen LogP contribution is -2.23. The van der Waals surface area contributed by atoms with Crippen molar-refractivity contribution in [2.24, 2.45) is 0 Å². The normalized spacial score (nSPS) is 10.6. The summed E-state index contributed by atoms with van der Waals surface area (Å²) in [5.74, 6) is 1.31. The van der Waals surface area contributed by atoms with Crippen LogP contribution in [0.4, 0.5) is 0 Å². The van der Waals surface area contributed by atoms with Crippen LogP contribution < -0.4 is 5.32 Å². The van der Waals surface area contributed by atoms with Crippen LogP contribution in [0.3, 0.4) is 0 Å². The predicted molar refractivity (Wildman–Crippen MR) is 98.0 cm³/mol. The third-order valence-corrected chi connectivity index (χ3v) is 4.15. The van der Waals surface area contributed by atoms with E-state index in [1.54, 1.807) is 6.20 Å². The van der Waals surface area contributed by atoms with Gasteiger partial charge in [-0.1, -0.05) is 54.1 Å². The highest BCUT2D eigenvalue weighted by Crippen LogP contribution is 2.20. The van der Waals surface area contributed by atoms with Crippen molar-refractivity contribution in [3.63, 3.8) is 0 Å². The van der Waals surface area contributed by atoms with E-state index in [-0.39, 0.29) is 5.91 Å². The van der Waals surface area contributed by atoms with Gasteiger partial charge in [0.2, 0.25) is 5.91 Å².